The lowest BCUT2D eigenvalue weighted by molar-refractivity contribution is 0.102. The largest absolute Gasteiger partial charge is 0.492 e. The number of hydrogen-bond donors (Lipinski definition) is 4. The molecule has 0 unspecified atom stereocenters. The van der Waals surface area contributed by atoms with Crippen molar-refractivity contribution in [1.29, 1.82) is 0 Å². The Morgan fingerprint density at radius 2 is 1.77 bits per heavy atom. The van der Waals surface area contributed by atoms with Gasteiger partial charge in [0.25, 0.3) is 5.91 Å². The molecule has 47 heavy (non-hydrogen) atoms. The summed E-state index contributed by atoms with van der Waals surface area (Å²) in [6.45, 7) is 8.22. The minimum Gasteiger partial charge on any atom is -0.492 e. The van der Waals surface area contributed by atoms with Crippen molar-refractivity contribution in [2.24, 2.45) is 18.6 Å². The number of aromatic nitrogens is 2. The number of imidazole rings is 1. The molecule has 0 radical (unpaired) electrons. The Morgan fingerprint density at radius 3 is 2.38 bits per heavy atom. The maximum atomic E-state index is 13.6. The molecule has 0 aliphatic heterocycles. The van der Waals surface area contributed by atoms with Gasteiger partial charge in [-0.05, 0) is 80.0 Å². The maximum Gasteiger partial charge on any atom is 0.255 e. The van der Waals surface area contributed by atoms with Crippen LogP contribution in [0.5, 0.6) is 5.75 Å². The minimum atomic E-state index is -3.60. The van der Waals surface area contributed by atoms with Crippen molar-refractivity contribution in [1.82, 2.24) is 9.55 Å². The van der Waals surface area contributed by atoms with Gasteiger partial charge in [-0.2, -0.15) is 0 Å². The van der Waals surface area contributed by atoms with Gasteiger partial charge < -0.3 is 20.4 Å². The summed E-state index contributed by atoms with van der Waals surface area (Å²) >= 11 is 0. The van der Waals surface area contributed by atoms with Crippen LogP contribution in [-0.2, 0) is 27.9 Å². The summed E-state index contributed by atoms with van der Waals surface area (Å²) in [6, 6.07) is 18.9. The minimum absolute atomic E-state index is 0.102. The van der Waals surface area contributed by atoms with Crippen LogP contribution in [0.3, 0.4) is 0 Å². The molecule has 1 fully saturated rings. The first-order valence-corrected chi connectivity index (χ1v) is 17.1. The third-order valence-corrected chi connectivity index (χ3v) is 9.49. The van der Waals surface area contributed by atoms with Crippen molar-refractivity contribution in [2.75, 3.05) is 28.4 Å². The molecule has 1 heterocycles. The summed E-state index contributed by atoms with van der Waals surface area (Å²) < 4.78 is 34.3. The second kappa shape index (κ2) is 12.4. The van der Waals surface area contributed by atoms with Crippen LogP contribution in [0, 0.1) is 6.92 Å². The Bertz CT molecular complexity index is 1960. The van der Waals surface area contributed by atoms with Crippen molar-refractivity contribution in [3.05, 3.63) is 107 Å². The van der Waals surface area contributed by atoms with E-state index in [9.17, 15) is 13.2 Å². The predicted octanol–water partition coefficient (Wildman–Crippen LogP) is 5.38. The van der Waals surface area contributed by atoms with Crippen LogP contribution in [0.15, 0.2) is 73.1 Å². The SMILES string of the molecule is COc1c(NC(=O)c2ccc(C)c(N(N)/C=C(\N)c3cnc(C(C)(C)c4ccccc4)n3C)c2)cc(C2(C)CC2)cc1NS(C)(=O)=O. The van der Waals surface area contributed by atoms with Crippen molar-refractivity contribution in [2.45, 2.75) is 51.4 Å². The lowest BCUT2D eigenvalue weighted by atomic mass is 9.84. The Morgan fingerprint density at radius 1 is 1.11 bits per heavy atom. The van der Waals surface area contributed by atoms with Crippen LogP contribution in [0.1, 0.15) is 72.2 Å². The number of hydrogen-bond acceptors (Lipinski definition) is 8. The lowest BCUT2D eigenvalue weighted by Crippen LogP contribution is -2.28. The average Bonchev–Trinajstić information content (AvgIpc) is 3.64. The summed E-state index contributed by atoms with van der Waals surface area (Å²) in [5, 5.41) is 4.31. The number of amides is 1. The molecule has 1 amide bonds. The highest BCUT2D eigenvalue weighted by Crippen LogP contribution is 2.51. The van der Waals surface area contributed by atoms with Gasteiger partial charge in [0, 0.05) is 24.2 Å². The van der Waals surface area contributed by atoms with E-state index < -0.39 is 15.9 Å². The molecule has 1 saturated carbocycles. The quantitative estimate of drug-likeness (QED) is 0.124. The number of ether oxygens (including phenoxy) is 1. The van der Waals surface area contributed by atoms with Gasteiger partial charge in [-0.1, -0.05) is 43.3 Å². The van der Waals surface area contributed by atoms with Gasteiger partial charge in [0.1, 0.15) is 5.82 Å². The number of sulfonamides is 1. The van der Waals surface area contributed by atoms with E-state index in [2.05, 4.69) is 42.9 Å². The Hall–Kier alpha value is -4.81. The van der Waals surface area contributed by atoms with Gasteiger partial charge in [0.15, 0.2) is 5.75 Å². The molecule has 12 heteroatoms. The molecule has 0 atom stereocenters. The third kappa shape index (κ3) is 6.98. The van der Waals surface area contributed by atoms with E-state index in [1.54, 1.807) is 36.7 Å². The van der Waals surface area contributed by atoms with E-state index in [4.69, 9.17) is 21.3 Å². The first kappa shape index (κ1) is 33.6. The number of benzene rings is 3. The summed E-state index contributed by atoms with van der Waals surface area (Å²) in [5.74, 6) is 7.16. The second-order valence-corrected chi connectivity index (χ2v) is 14.8. The van der Waals surface area contributed by atoms with Gasteiger partial charge in [-0.15, -0.1) is 0 Å². The van der Waals surface area contributed by atoms with Crippen LogP contribution in [0.2, 0.25) is 0 Å². The summed E-state index contributed by atoms with van der Waals surface area (Å²) in [7, 11) is -0.255. The smallest absolute Gasteiger partial charge is 0.255 e. The van der Waals surface area contributed by atoms with Crippen molar-refractivity contribution >= 4 is 38.7 Å². The first-order chi connectivity index (χ1) is 22.0. The summed E-state index contributed by atoms with van der Waals surface area (Å²) in [4.78, 5) is 18.3. The molecule has 248 valence electrons. The van der Waals surface area contributed by atoms with E-state index in [1.807, 2.05) is 42.8 Å². The van der Waals surface area contributed by atoms with Crippen LogP contribution in [-0.4, -0.2) is 37.2 Å². The molecule has 0 bridgehead atoms. The molecule has 0 spiro atoms. The number of nitrogens with two attached hydrogens (primary N) is 2. The topological polar surface area (TPSA) is 158 Å². The molecule has 1 aliphatic carbocycles. The number of nitrogens with one attached hydrogen (secondary N) is 2. The van der Waals surface area contributed by atoms with E-state index >= 15 is 0 Å². The number of anilines is 3. The Labute approximate surface area is 276 Å². The van der Waals surface area contributed by atoms with Crippen molar-refractivity contribution in [3.8, 4) is 5.75 Å². The Balaban J connectivity index is 1.42. The van der Waals surface area contributed by atoms with Crippen molar-refractivity contribution < 1.29 is 17.9 Å². The van der Waals surface area contributed by atoms with Crippen LogP contribution >= 0.6 is 0 Å². The van der Waals surface area contributed by atoms with Crippen molar-refractivity contribution in [3.63, 3.8) is 0 Å². The normalized spacial score (nSPS) is 14.4. The van der Waals surface area contributed by atoms with Gasteiger partial charge in [0.2, 0.25) is 10.0 Å². The van der Waals surface area contributed by atoms with Gasteiger partial charge in [0.05, 0.1) is 48.0 Å². The molecule has 3 aromatic carbocycles. The van der Waals surface area contributed by atoms with E-state index in [0.717, 1.165) is 41.6 Å². The number of hydrazine groups is 1. The molecule has 6 N–H and O–H groups in total. The standard InChI is InChI=1S/C35H43N7O4S/c1-22-13-14-23(32(43)39-27-18-25(35(4)15-16-35)19-28(31(27)46-6)40-47(7,44)45)17-29(22)42(37)21-26(36)30-20-38-33(41(30)5)34(2,3)24-11-9-8-10-12-24/h8-14,17-21,40H,15-16,36-37H2,1-7H3,(H,39,43)/b26-21-. The molecular formula is C35H43N7O4S. The average molecular weight is 658 g/mol. The molecule has 11 nitrogen and oxygen atoms in total. The Kier molecular flexibility index (Phi) is 8.87. The van der Waals surface area contributed by atoms with E-state index in [-0.39, 0.29) is 22.3 Å². The zero-order valence-corrected chi connectivity index (χ0v) is 28.7. The third-order valence-electron chi connectivity index (χ3n) is 8.90. The molecule has 5 rings (SSSR count). The van der Waals surface area contributed by atoms with Crippen LogP contribution in [0.4, 0.5) is 17.1 Å². The highest BCUT2D eigenvalue weighted by molar-refractivity contribution is 7.92. The van der Waals surface area contributed by atoms with E-state index in [1.165, 1.54) is 12.1 Å². The van der Waals surface area contributed by atoms with Crippen LogP contribution < -0.4 is 31.4 Å². The highest BCUT2D eigenvalue weighted by atomic mass is 32.2. The first-order valence-electron chi connectivity index (χ1n) is 15.3. The van der Waals surface area contributed by atoms with E-state index in [0.29, 0.717) is 28.3 Å². The maximum absolute atomic E-state index is 13.6. The number of nitrogens with zero attached hydrogens (tertiary/aromatic N) is 3. The predicted molar refractivity (Wildman–Crippen MR) is 188 cm³/mol. The molecule has 0 saturated heterocycles. The number of rotatable bonds is 11. The fourth-order valence-electron chi connectivity index (χ4n) is 5.79. The van der Waals surface area contributed by atoms with Gasteiger partial charge in [-0.3, -0.25) is 14.5 Å². The molecule has 4 aromatic rings. The number of carbonyl (C=O) groups is 1. The van der Waals surface area contributed by atoms with Crippen LogP contribution in [0.25, 0.3) is 5.70 Å². The fourth-order valence-corrected chi connectivity index (χ4v) is 6.34. The number of carbonyl (C=O) groups excluding carboxylic acids is 1. The zero-order valence-electron chi connectivity index (χ0n) is 27.9. The second-order valence-electron chi connectivity index (χ2n) is 13.0. The summed E-state index contributed by atoms with van der Waals surface area (Å²) in [5.41, 5.74) is 11.6. The van der Waals surface area contributed by atoms with Gasteiger partial charge >= 0.3 is 0 Å². The number of methoxy groups -OCH3 is 1. The number of aryl methyl sites for hydroxylation is 1. The monoisotopic (exact) mass is 657 g/mol. The lowest BCUT2D eigenvalue weighted by Gasteiger charge is -2.25. The molecule has 1 aromatic heterocycles. The fraction of sp³-hybridized carbons (Fsp3) is 0.314. The highest BCUT2D eigenvalue weighted by Gasteiger charge is 2.40. The summed E-state index contributed by atoms with van der Waals surface area (Å²) in [6.07, 6.45) is 6.32. The molecular weight excluding hydrogens is 614 g/mol. The molecule has 1 aliphatic rings. The zero-order chi connectivity index (χ0) is 34.3. The van der Waals surface area contributed by atoms with Gasteiger partial charge in [-0.25, -0.2) is 19.2 Å².